The first-order valence-corrected chi connectivity index (χ1v) is 3.09. The third-order valence-corrected chi connectivity index (χ3v) is 1.29. The Morgan fingerprint density at radius 2 is 1.42 bits per heavy atom. The van der Waals surface area contributed by atoms with Gasteiger partial charge in [-0.2, -0.15) is 22.0 Å². The molecule has 0 amide bonds. The van der Waals surface area contributed by atoms with Gasteiger partial charge in [0.25, 0.3) is 0 Å². The number of alkyl halides is 5. The van der Waals surface area contributed by atoms with Crippen LogP contribution in [0, 0.1) is 5.92 Å². The van der Waals surface area contributed by atoms with E-state index in [0.29, 0.717) is 0 Å². The maximum absolute atomic E-state index is 12.4. The molecule has 6 heteroatoms. The van der Waals surface area contributed by atoms with Gasteiger partial charge < -0.3 is 0 Å². The molecule has 0 bridgehead atoms. The van der Waals surface area contributed by atoms with Crippen LogP contribution in [0.25, 0.3) is 0 Å². The van der Waals surface area contributed by atoms with Gasteiger partial charge in [0.1, 0.15) is 0 Å². The largest absolute Gasteiger partial charge is 0.456 e. The molecule has 0 aliphatic heterocycles. The molecule has 0 aliphatic rings. The molecule has 1 nitrogen and oxygen atoms in total. The van der Waals surface area contributed by atoms with E-state index in [0.717, 1.165) is 13.8 Å². The van der Waals surface area contributed by atoms with Crippen molar-refractivity contribution < 1.29 is 26.7 Å². The fraction of sp³-hybridized carbons (Fsp3) is 0.833. The smallest absolute Gasteiger partial charge is 0.283 e. The van der Waals surface area contributed by atoms with Crippen molar-refractivity contribution in [1.82, 2.24) is 0 Å². The number of hydrogen-bond donors (Lipinski definition) is 0. The maximum atomic E-state index is 12.4. The van der Waals surface area contributed by atoms with Gasteiger partial charge in [-0.25, -0.2) is 0 Å². The zero-order valence-electron chi connectivity index (χ0n) is 6.38. The van der Waals surface area contributed by atoms with Crippen LogP contribution in [0.4, 0.5) is 22.0 Å². The van der Waals surface area contributed by atoms with Crippen molar-refractivity contribution in [3.8, 4) is 0 Å². The zero-order valence-corrected chi connectivity index (χ0v) is 6.38. The molecule has 0 atom stereocenters. The van der Waals surface area contributed by atoms with E-state index in [1.54, 1.807) is 0 Å². The zero-order chi connectivity index (χ0) is 10.2. The van der Waals surface area contributed by atoms with E-state index in [2.05, 4.69) is 0 Å². The average molecular weight is 190 g/mol. The highest BCUT2D eigenvalue weighted by atomic mass is 19.4. The van der Waals surface area contributed by atoms with Gasteiger partial charge >= 0.3 is 17.9 Å². The van der Waals surface area contributed by atoms with Crippen molar-refractivity contribution in [3.05, 3.63) is 0 Å². The second-order valence-electron chi connectivity index (χ2n) is 2.60. The summed E-state index contributed by atoms with van der Waals surface area (Å²) in [5.74, 6) is -8.95. The molecular weight excluding hydrogens is 183 g/mol. The summed E-state index contributed by atoms with van der Waals surface area (Å²) >= 11 is 0. The highest BCUT2D eigenvalue weighted by Gasteiger charge is 2.56. The third kappa shape index (κ3) is 2.15. The number of rotatable bonds is 2. The molecule has 0 spiro atoms. The lowest BCUT2D eigenvalue weighted by Gasteiger charge is -2.19. The minimum atomic E-state index is -5.46. The van der Waals surface area contributed by atoms with Crippen LogP contribution in [0.3, 0.4) is 0 Å². The van der Waals surface area contributed by atoms with E-state index in [1.807, 2.05) is 0 Å². The first-order valence-electron chi connectivity index (χ1n) is 3.09. The molecule has 0 aromatic rings. The first kappa shape index (κ1) is 11.3. The summed E-state index contributed by atoms with van der Waals surface area (Å²) in [6.45, 7) is 1.70. The third-order valence-electron chi connectivity index (χ3n) is 1.29. The molecule has 0 saturated carbocycles. The molecule has 0 heterocycles. The summed E-state index contributed by atoms with van der Waals surface area (Å²) in [5.41, 5.74) is 0. The Morgan fingerprint density at radius 1 is 1.08 bits per heavy atom. The number of halogens is 5. The first-order chi connectivity index (χ1) is 5.10. The Labute approximate surface area is 65.6 Å². The highest BCUT2D eigenvalue weighted by Crippen LogP contribution is 2.32. The van der Waals surface area contributed by atoms with Gasteiger partial charge in [-0.3, -0.25) is 4.79 Å². The second kappa shape index (κ2) is 2.99. The second-order valence-corrected chi connectivity index (χ2v) is 2.60. The molecule has 12 heavy (non-hydrogen) atoms. The van der Waals surface area contributed by atoms with Gasteiger partial charge in [0.2, 0.25) is 0 Å². The van der Waals surface area contributed by atoms with E-state index < -0.39 is 23.8 Å². The molecule has 0 rings (SSSR count). The fourth-order valence-electron chi connectivity index (χ4n) is 0.451. The van der Waals surface area contributed by atoms with Crippen molar-refractivity contribution >= 4 is 5.78 Å². The molecule has 0 aliphatic carbocycles. The lowest BCUT2D eigenvalue weighted by molar-refractivity contribution is -0.200. The predicted octanol–water partition coefficient (Wildman–Crippen LogP) is 2.41. The van der Waals surface area contributed by atoms with E-state index >= 15 is 0 Å². The minimum absolute atomic E-state index is 0.851. The maximum Gasteiger partial charge on any atom is 0.456 e. The molecule has 0 aromatic heterocycles. The van der Waals surface area contributed by atoms with E-state index in [-0.39, 0.29) is 0 Å². The average Bonchev–Trinajstić information content (AvgIpc) is 1.83. The van der Waals surface area contributed by atoms with Crippen LogP contribution in [-0.4, -0.2) is 17.9 Å². The summed E-state index contributed by atoms with van der Waals surface area (Å²) in [6, 6.07) is 0. The van der Waals surface area contributed by atoms with E-state index in [4.69, 9.17) is 0 Å². The van der Waals surface area contributed by atoms with Crippen LogP contribution < -0.4 is 0 Å². The Balaban J connectivity index is 4.70. The van der Waals surface area contributed by atoms with Crippen molar-refractivity contribution in [2.24, 2.45) is 5.92 Å². The van der Waals surface area contributed by atoms with Crippen LogP contribution in [-0.2, 0) is 4.79 Å². The number of hydrogen-bond acceptors (Lipinski definition) is 1. The molecule has 0 fully saturated rings. The SMILES string of the molecule is CC(C)C(F)(F)C(=O)C(F)(F)F. The van der Waals surface area contributed by atoms with Crippen LogP contribution in [0.5, 0.6) is 0 Å². The minimum Gasteiger partial charge on any atom is -0.283 e. The van der Waals surface area contributed by atoms with Gasteiger partial charge in [0.05, 0.1) is 0 Å². The topological polar surface area (TPSA) is 17.1 Å². The van der Waals surface area contributed by atoms with Gasteiger partial charge in [-0.05, 0) is 0 Å². The Bertz CT molecular complexity index is 181. The Hall–Kier alpha value is -0.680. The van der Waals surface area contributed by atoms with Crippen molar-refractivity contribution in [3.63, 3.8) is 0 Å². The Morgan fingerprint density at radius 3 is 1.50 bits per heavy atom. The molecule has 0 unspecified atom stereocenters. The monoisotopic (exact) mass is 190 g/mol. The van der Waals surface area contributed by atoms with Crippen LogP contribution in [0.1, 0.15) is 13.8 Å². The van der Waals surface area contributed by atoms with Crippen molar-refractivity contribution in [2.75, 3.05) is 0 Å². The van der Waals surface area contributed by atoms with Gasteiger partial charge in [0.15, 0.2) is 0 Å². The molecule has 0 radical (unpaired) electrons. The summed E-state index contributed by atoms with van der Waals surface area (Å²) in [5, 5.41) is 0. The molecular formula is C6H7F5O. The number of carbonyl (C=O) groups excluding carboxylic acids is 1. The summed E-state index contributed by atoms with van der Waals surface area (Å²) in [4.78, 5) is 10.1. The summed E-state index contributed by atoms with van der Waals surface area (Å²) in [6.07, 6.45) is -5.46. The lowest BCUT2D eigenvalue weighted by Crippen LogP contribution is -2.43. The van der Waals surface area contributed by atoms with Gasteiger partial charge in [-0.1, -0.05) is 13.8 Å². The molecule has 72 valence electrons. The number of ketones is 1. The summed E-state index contributed by atoms with van der Waals surface area (Å²) < 4.78 is 59.2. The van der Waals surface area contributed by atoms with Crippen LogP contribution >= 0.6 is 0 Å². The lowest BCUT2D eigenvalue weighted by atomic mass is 10.0. The highest BCUT2D eigenvalue weighted by molar-refractivity contribution is 5.90. The van der Waals surface area contributed by atoms with E-state index in [9.17, 15) is 26.7 Å². The van der Waals surface area contributed by atoms with E-state index in [1.165, 1.54) is 0 Å². The molecule has 0 N–H and O–H groups in total. The van der Waals surface area contributed by atoms with Gasteiger partial charge in [-0.15, -0.1) is 0 Å². The fourth-order valence-corrected chi connectivity index (χ4v) is 0.451. The Kier molecular flexibility index (Phi) is 2.82. The normalized spacial score (nSPS) is 13.7. The quantitative estimate of drug-likeness (QED) is 0.611. The van der Waals surface area contributed by atoms with Crippen molar-refractivity contribution in [2.45, 2.75) is 25.9 Å². The molecule has 0 aromatic carbocycles. The molecule has 0 saturated heterocycles. The predicted molar refractivity (Wildman–Crippen MR) is 30.8 cm³/mol. The van der Waals surface area contributed by atoms with Crippen LogP contribution in [0.2, 0.25) is 0 Å². The number of carbonyl (C=O) groups is 1. The van der Waals surface area contributed by atoms with Crippen LogP contribution in [0.15, 0.2) is 0 Å². The summed E-state index contributed by atoms with van der Waals surface area (Å²) in [7, 11) is 0. The van der Waals surface area contributed by atoms with Gasteiger partial charge in [0, 0.05) is 5.92 Å². The standard InChI is InChI=1S/C6H7F5O/c1-3(2)5(7,8)4(12)6(9,10)11/h3H,1-2H3. The van der Waals surface area contributed by atoms with Crippen molar-refractivity contribution in [1.29, 1.82) is 0 Å². The number of Topliss-reactive ketones (excluding diaryl/α,β-unsaturated/α-hetero) is 1.